The number of carbonyl (C=O) groups excluding carboxylic acids is 3. The number of carbonyl (C=O) groups is 3. The Morgan fingerprint density at radius 1 is 1.06 bits per heavy atom. The molecular formula is C11H6N2O3. The van der Waals surface area contributed by atoms with Crippen LogP contribution >= 0.6 is 0 Å². The average molecular weight is 214 g/mol. The first kappa shape index (κ1) is 10.1. The minimum Gasteiger partial charge on any atom is -0.283 e. The summed E-state index contributed by atoms with van der Waals surface area (Å²) in [5.41, 5.74) is 0.272. The second-order valence-electron chi connectivity index (χ2n) is 3.23. The predicted molar refractivity (Wildman–Crippen MR) is 52.4 cm³/mol. The molecule has 0 radical (unpaired) electrons. The molecule has 0 atom stereocenters. The summed E-state index contributed by atoms with van der Waals surface area (Å²) >= 11 is 0. The first-order valence-electron chi connectivity index (χ1n) is 4.53. The SMILES string of the molecule is N#CCN1C(=O)C(=O)c2ccccc2C1=O. The van der Waals surface area contributed by atoms with Crippen molar-refractivity contribution in [3.63, 3.8) is 0 Å². The minimum atomic E-state index is -0.940. The molecule has 1 aromatic rings. The predicted octanol–water partition coefficient (Wildman–Crippen LogP) is 0.375. The van der Waals surface area contributed by atoms with Crippen molar-refractivity contribution in [2.24, 2.45) is 0 Å². The standard InChI is InChI=1S/C11H6N2O3/c12-5-6-13-10(15)8-4-2-1-3-7(8)9(14)11(13)16/h1-4H,6H2. The van der Waals surface area contributed by atoms with Gasteiger partial charge in [0.2, 0.25) is 0 Å². The Morgan fingerprint density at radius 2 is 1.69 bits per heavy atom. The Kier molecular flexibility index (Phi) is 2.25. The number of hydrogen-bond donors (Lipinski definition) is 0. The molecule has 0 aromatic heterocycles. The highest BCUT2D eigenvalue weighted by Gasteiger charge is 2.36. The molecule has 1 aromatic carbocycles. The number of ketones is 1. The molecule has 78 valence electrons. The van der Waals surface area contributed by atoms with Crippen LogP contribution in [0.3, 0.4) is 0 Å². The molecule has 0 aliphatic carbocycles. The number of amides is 2. The molecule has 0 bridgehead atoms. The number of imide groups is 1. The third-order valence-electron chi connectivity index (χ3n) is 2.32. The van der Waals surface area contributed by atoms with Gasteiger partial charge in [0.25, 0.3) is 11.7 Å². The molecule has 1 heterocycles. The van der Waals surface area contributed by atoms with Crippen LogP contribution in [-0.4, -0.2) is 29.0 Å². The van der Waals surface area contributed by atoms with E-state index in [0.717, 1.165) is 0 Å². The summed E-state index contributed by atoms with van der Waals surface area (Å²) in [7, 11) is 0. The number of hydrogen-bond acceptors (Lipinski definition) is 4. The molecule has 0 unspecified atom stereocenters. The molecule has 0 saturated carbocycles. The van der Waals surface area contributed by atoms with E-state index in [2.05, 4.69) is 0 Å². The van der Waals surface area contributed by atoms with E-state index < -0.39 is 24.1 Å². The summed E-state index contributed by atoms with van der Waals surface area (Å²) in [6.45, 7) is -0.405. The zero-order chi connectivity index (χ0) is 11.7. The fraction of sp³-hybridized carbons (Fsp3) is 0.0909. The van der Waals surface area contributed by atoms with Crippen molar-refractivity contribution in [2.45, 2.75) is 0 Å². The molecule has 2 rings (SSSR count). The van der Waals surface area contributed by atoms with Crippen molar-refractivity contribution >= 4 is 17.6 Å². The van der Waals surface area contributed by atoms with E-state index in [0.29, 0.717) is 4.90 Å². The molecule has 0 saturated heterocycles. The number of benzene rings is 1. The second-order valence-corrected chi connectivity index (χ2v) is 3.23. The molecule has 0 fully saturated rings. The van der Waals surface area contributed by atoms with E-state index in [1.807, 2.05) is 0 Å². The highest BCUT2D eigenvalue weighted by atomic mass is 16.2. The topological polar surface area (TPSA) is 78.2 Å². The van der Waals surface area contributed by atoms with Gasteiger partial charge < -0.3 is 0 Å². The molecule has 5 nitrogen and oxygen atoms in total. The van der Waals surface area contributed by atoms with E-state index in [-0.39, 0.29) is 11.1 Å². The van der Waals surface area contributed by atoms with Crippen LogP contribution in [0.1, 0.15) is 20.7 Å². The zero-order valence-corrected chi connectivity index (χ0v) is 8.14. The summed E-state index contributed by atoms with van der Waals surface area (Å²) < 4.78 is 0. The molecule has 1 aliphatic rings. The van der Waals surface area contributed by atoms with E-state index in [9.17, 15) is 14.4 Å². The number of nitriles is 1. The average Bonchev–Trinajstić information content (AvgIpc) is 2.32. The largest absolute Gasteiger partial charge is 0.302 e. The summed E-state index contributed by atoms with van der Waals surface area (Å²) in [5, 5.41) is 8.48. The summed E-state index contributed by atoms with van der Waals surface area (Å²) in [5.74, 6) is -2.28. The van der Waals surface area contributed by atoms with Gasteiger partial charge in [-0.3, -0.25) is 19.3 Å². The van der Waals surface area contributed by atoms with Crippen molar-refractivity contribution in [1.29, 1.82) is 5.26 Å². The van der Waals surface area contributed by atoms with Gasteiger partial charge in [-0.1, -0.05) is 18.2 Å². The number of fused-ring (bicyclic) bond motifs is 1. The molecule has 5 heteroatoms. The van der Waals surface area contributed by atoms with Crippen LogP contribution in [-0.2, 0) is 4.79 Å². The molecule has 0 spiro atoms. The maximum Gasteiger partial charge on any atom is 0.302 e. The number of nitrogens with zero attached hydrogens (tertiary/aromatic N) is 2. The van der Waals surface area contributed by atoms with Crippen LogP contribution in [0.15, 0.2) is 24.3 Å². The van der Waals surface area contributed by atoms with Crippen molar-refractivity contribution in [3.05, 3.63) is 35.4 Å². The lowest BCUT2D eigenvalue weighted by molar-refractivity contribution is -0.123. The van der Waals surface area contributed by atoms with Crippen molar-refractivity contribution in [1.82, 2.24) is 4.90 Å². The third-order valence-corrected chi connectivity index (χ3v) is 2.32. The van der Waals surface area contributed by atoms with Gasteiger partial charge in [0, 0.05) is 5.56 Å². The molecule has 2 amide bonds. The van der Waals surface area contributed by atoms with E-state index >= 15 is 0 Å². The van der Waals surface area contributed by atoms with E-state index in [1.54, 1.807) is 18.2 Å². The van der Waals surface area contributed by atoms with Crippen LogP contribution in [0, 0.1) is 11.3 Å². The lowest BCUT2D eigenvalue weighted by atomic mass is 9.97. The van der Waals surface area contributed by atoms with Crippen molar-refractivity contribution < 1.29 is 14.4 Å². The Hall–Kier alpha value is -2.48. The van der Waals surface area contributed by atoms with Gasteiger partial charge in [0.05, 0.1) is 11.6 Å². The van der Waals surface area contributed by atoms with Gasteiger partial charge in [-0.05, 0) is 6.07 Å². The van der Waals surface area contributed by atoms with Crippen LogP contribution in [0.2, 0.25) is 0 Å². The van der Waals surface area contributed by atoms with Gasteiger partial charge >= 0.3 is 5.91 Å². The highest BCUT2D eigenvalue weighted by Crippen LogP contribution is 2.19. The molecule has 1 aliphatic heterocycles. The minimum absolute atomic E-state index is 0.103. The lowest BCUT2D eigenvalue weighted by Crippen LogP contribution is -2.46. The Morgan fingerprint density at radius 3 is 2.31 bits per heavy atom. The van der Waals surface area contributed by atoms with Crippen molar-refractivity contribution in [3.8, 4) is 6.07 Å². The van der Waals surface area contributed by atoms with Crippen LogP contribution in [0.5, 0.6) is 0 Å². The maximum atomic E-state index is 11.8. The highest BCUT2D eigenvalue weighted by molar-refractivity contribution is 6.49. The normalized spacial score (nSPS) is 14.7. The summed E-state index contributed by atoms with van der Waals surface area (Å²) in [6, 6.07) is 7.76. The van der Waals surface area contributed by atoms with Crippen LogP contribution < -0.4 is 0 Å². The van der Waals surface area contributed by atoms with Crippen molar-refractivity contribution in [2.75, 3.05) is 6.54 Å². The zero-order valence-electron chi connectivity index (χ0n) is 8.14. The first-order valence-corrected chi connectivity index (χ1v) is 4.53. The van der Waals surface area contributed by atoms with Gasteiger partial charge in [0.15, 0.2) is 0 Å². The maximum absolute atomic E-state index is 11.8. The Bertz CT molecular complexity index is 542. The van der Waals surface area contributed by atoms with Crippen LogP contribution in [0.4, 0.5) is 0 Å². The van der Waals surface area contributed by atoms with Gasteiger partial charge in [0.1, 0.15) is 6.54 Å². The van der Waals surface area contributed by atoms with E-state index in [4.69, 9.17) is 5.26 Å². The van der Waals surface area contributed by atoms with Crippen LogP contribution in [0.25, 0.3) is 0 Å². The van der Waals surface area contributed by atoms with Gasteiger partial charge in [-0.25, -0.2) is 0 Å². The fourth-order valence-electron chi connectivity index (χ4n) is 1.56. The lowest BCUT2D eigenvalue weighted by Gasteiger charge is -2.22. The number of Topliss-reactive ketones (excluding diaryl/α,β-unsaturated/α-hetero) is 1. The molecular weight excluding hydrogens is 208 g/mol. The summed E-state index contributed by atoms with van der Waals surface area (Å²) in [6.07, 6.45) is 0. The second kappa shape index (κ2) is 3.59. The third kappa shape index (κ3) is 1.28. The quantitative estimate of drug-likeness (QED) is 0.384. The monoisotopic (exact) mass is 214 g/mol. The number of rotatable bonds is 1. The Balaban J connectivity index is 2.57. The van der Waals surface area contributed by atoms with Gasteiger partial charge in [-0.15, -0.1) is 0 Å². The van der Waals surface area contributed by atoms with E-state index in [1.165, 1.54) is 12.1 Å². The first-order chi connectivity index (χ1) is 7.66. The Labute approximate surface area is 90.9 Å². The summed E-state index contributed by atoms with van der Waals surface area (Å²) in [4.78, 5) is 35.5. The molecule has 16 heavy (non-hydrogen) atoms. The van der Waals surface area contributed by atoms with Gasteiger partial charge in [-0.2, -0.15) is 5.26 Å². The molecule has 0 N–H and O–H groups in total. The smallest absolute Gasteiger partial charge is 0.283 e. The fourth-order valence-corrected chi connectivity index (χ4v) is 1.56.